The van der Waals surface area contributed by atoms with Gasteiger partial charge in [-0.3, -0.25) is 8.61 Å². The maximum atomic E-state index is 13.2. The van der Waals surface area contributed by atoms with E-state index in [1.165, 1.54) is 14.1 Å². The lowest BCUT2D eigenvalue weighted by Gasteiger charge is -2.30. The van der Waals surface area contributed by atoms with Crippen LogP contribution in [0.15, 0.2) is 60.7 Å². The van der Waals surface area contributed by atoms with Gasteiger partial charge in [0.1, 0.15) is 0 Å². The number of benzene rings is 2. The van der Waals surface area contributed by atoms with E-state index in [1.807, 2.05) is 0 Å². The van der Waals surface area contributed by atoms with E-state index in [-0.39, 0.29) is 5.25 Å². The van der Waals surface area contributed by atoms with Crippen molar-refractivity contribution in [3.05, 3.63) is 60.7 Å². The molecule has 0 radical (unpaired) electrons. The summed E-state index contributed by atoms with van der Waals surface area (Å²) in [5.41, 5.74) is 0.814. The van der Waals surface area contributed by atoms with E-state index >= 15 is 0 Å². The second-order valence-corrected chi connectivity index (χ2v) is 12.8. The normalized spacial score (nSPS) is 12.4. The van der Waals surface area contributed by atoms with Crippen LogP contribution in [0.4, 0.5) is 11.4 Å². The van der Waals surface area contributed by atoms with Gasteiger partial charge < -0.3 is 0 Å². The van der Waals surface area contributed by atoms with Gasteiger partial charge in [-0.2, -0.15) is 0 Å². The molecule has 0 unspecified atom stereocenters. The summed E-state index contributed by atoms with van der Waals surface area (Å²) in [5, 5.41) is -0.201. The fourth-order valence-electron chi connectivity index (χ4n) is 2.34. The smallest absolute Gasteiger partial charge is 0.263 e. The third-order valence-corrected chi connectivity index (χ3v) is 11.1. The van der Waals surface area contributed by atoms with Gasteiger partial charge in [-0.25, -0.2) is 16.8 Å². The molecule has 2 aromatic carbocycles. The molecule has 0 atom stereocenters. The van der Waals surface area contributed by atoms with Crippen molar-refractivity contribution in [2.75, 3.05) is 22.7 Å². The van der Waals surface area contributed by atoms with Crippen molar-refractivity contribution in [1.29, 1.82) is 0 Å². The summed E-state index contributed by atoms with van der Waals surface area (Å²) in [5.74, 6) is 0. The van der Waals surface area contributed by atoms with Gasteiger partial charge in [0.15, 0.2) is 0 Å². The van der Waals surface area contributed by atoms with Crippen molar-refractivity contribution in [1.82, 2.24) is 0 Å². The van der Waals surface area contributed by atoms with Crippen molar-refractivity contribution >= 4 is 43.2 Å². The van der Waals surface area contributed by atoms with Crippen molar-refractivity contribution in [2.45, 2.75) is 23.0 Å². The third-order valence-electron chi connectivity index (χ3n) is 3.87. The second-order valence-electron chi connectivity index (χ2n) is 6.17. The molecule has 2 rings (SSSR count). The molecule has 0 saturated carbocycles. The summed E-state index contributed by atoms with van der Waals surface area (Å²) in [7, 11) is -5.64. The number of hydrogen-bond donors (Lipinski definition) is 0. The summed E-state index contributed by atoms with van der Waals surface area (Å²) in [6, 6.07) is 16.9. The molecule has 0 heterocycles. The fraction of sp³-hybridized carbons (Fsp3) is 0.333. The summed E-state index contributed by atoms with van der Waals surface area (Å²) in [4.78, 5) is 0. The van der Waals surface area contributed by atoms with Crippen LogP contribution in [0.2, 0.25) is 0 Å². The molecule has 0 aliphatic rings. The minimum atomic E-state index is -4.19. The first-order valence-electron chi connectivity index (χ1n) is 8.29. The molecule has 148 valence electrons. The molecule has 0 saturated heterocycles. The molecular weight excluding hydrogens is 404 g/mol. The Morgan fingerprint density at radius 3 is 1.33 bits per heavy atom. The van der Waals surface area contributed by atoms with Crippen LogP contribution in [0.5, 0.6) is 0 Å². The standard InChI is InChI=1S/C18H24N2O4S3/c1-15(2)25-18(26(21,22)19(3)16-11-7-5-8-12-16)27(23,24)20(4)17-13-9-6-10-14-17/h5-15,18H,1-4H3. The lowest BCUT2D eigenvalue weighted by atomic mass is 10.3. The number of rotatable bonds is 8. The zero-order chi connectivity index (χ0) is 20.2. The zero-order valence-electron chi connectivity index (χ0n) is 15.7. The van der Waals surface area contributed by atoms with Crippen LogP contribution in [-0.4, -0.2) is 40.1 Å². The van der Waals surface area contributed by atoms with Gasteiger partial charge in [0.25, 0.3) is 20.0 Å². The molecule has 0 fully saturated rings. The summed E-state index contributed by atoms with van der Waals surface area (Å²) < 4.78 is 53.4. The molecular formula is C18H24N2O4S3. The van der Waals surface area contributed by atoms with Gasteiger partial charge in [0.05, 0.1) is 11.4 Å². The summed E-state index contributed by atoms with van der Waals surface area (Å²) >= 11 is 0.900. The van der Waals surface area contributed by atoms with Gasteiger partial charge in [0, 0.05) is 19.3 Å². The molecule has 0 aliphatic carbocycles. The highest BCUT2D eigenvalue weighted by molar-refractivity contribution is 8.28. The molecule has 0 bridgehead atoms. The zero-order valence-corrected chi connectivity index (χ0v) is 18.1. The first-order chi connectivity index (χ1) is 12.6. The Hall–Kier alpha value is -1.71. The Labute approximate surface area is 166 Å². The average molecular weight is 429 g/mol. The van der Waals surface area contributed by atoms with Gasteiger partial charge in [-0.15, -0.1) is 11.8 Å². The first-order valence-corrected chi connectivity index (χ1v) is 12.2. The Kier molecular flexibility index (Phi) is 6.82. The molecule has 9 heteroatoms. The highest BCUT2D eigenvalue weighted by Gasteiger charge is 2.44. The van der Waals surface area contributed by atoms with Crippen LogP contribution in [-0.2, 0) is 20.0 Å². The van der Waals surface area contributed by atoms with Crippen LogP contribution < -0.4 is 8.61 Å². The third kappa shape index (κ3) is 4.77. The Morgan fingerprint density at radius 2 is 1.04 bits per heavy atom. The largest absolute Gasteiger partial charge is 0.271 e. The van der Waals surface area contributed by atoms with Crippen LogP contribution in [0.3, 0.4) is 0 Å². The van der Waals surface area contributed by atoms with Crippen molar-refractivity contribution < 1.29 is 16.8 Å². The monoisotopic (exact) mass is 428 g/mol. The summed E-state index contributed by atoms with van der Waals surface area (Å²) in [6.07, 6.45) is 0. The molecule has 6 nitrogen and oxygen atoms in total. The van der Waals surface area contributed by atoms with Crippen molar-refractivity contribution in [2.24, 2.45) is 0 Å². The van der Waals surface area contributed by atoms with Gasteiger partial charge in [-0.1, -0.05) is 50.2 Å². The predicted molar refractivity (Wildman–Crippen MR) is 114 cm³/mol. The number of sulfonamides is 2. The maximum Gasteiger partial charge on any atom is 0.263 e. The Morgan fingerprint density at radius 1 is 0.704 bits per heavy atom. The second kappa shape index (κ2) is 8.53. The molecule has 0 aliphatic heterocycles. The Bertz CT molecular complexity index is 871. The SMILES string of the molecule is CC(C)SC(S(=O)(=O)N(C)c1ccccc1)S(=O)(=O)N(C)c1ccccc1. The number of anilines is 2. The minimum absolute atomic E-state index is 0.201. The molecule has 0 aromatic heterocycles. The maximum absolute atomic E-state index is 13.2. The predicted octanol–water partition coefficient (Wildman–Crippen LogP) is 3.34. The average Bonchev–Trinajstić information content (AvgIpc) is 2.65. The van der Waals surface area contributed by atoms with Crippen molar-refractivity contribution in [3.63, 3.8) is 0 Å². The topological polar surface area (TPSA) is 74.8 Å². The number of hydrogen-bond acceptors (Lipinski definition) is 5. The lowest BCUT2D eigenvalue weighted by Crippen LogP contribution is -2.45. The number of thioether (sulfide) groups is 1. The fourth-order valence-corrected chi connectivity index (χ4v) is 9.37. The van der Waals surface area contributed by atoms with Crippen LogP contribution in [0, 0.1) is 0 Å². The Balaban J connectivity index is 2.50. The van der Waals surface area contributed by atoms with Gasteiger partial charge >= 0.3 is 0 Å². The molecule has 0 amide bonds. The van der Waals surface area contributed by atoms with Crippen LogP contribution in [0.25, 0.3) is 0 Å². The van der Waals surface area contributed by atoms with Gasteiger partial charge in [0.2, 0.25) is 3.91 Å². The molecule has 0 spiro atoms. The molecule has 27 heavy (non-hydrogen) atoms. The summed E-state index contributed by atoms with van der Waals surface area (Å²) in [6.45, 7) is 3.54. The lowest BCUT2D eigenvalue weighted by molar-refractivity contribution is 0.584. The number of nitrogens with zero attached hydrogens (tertiary/aromatic N) is 2. The first kappa shape index (κ1) is 21.6. The highest BCUT2D eigenvalue weighted by atomic mass is 32.3. The van der Waals surface area contributed by atoms with E-state index in [0.29, 0.717) is 11.4 Å². The van der Waals surface area contributed by atoms with Crippen LogP contribution in [0.1, 0.15) is 13.8 Å². The van der Waals surface area contributed by atoms with Crippen molar-refractivity contribution in [3.8, 4) is 0 Å². The van der Waals surface area contributed by atoms with E-state index in [1.54, 1.807) is 74.5 Å². The van der Waals surface area contributed by atoms with E-state index in [9.17, 15) is 16.8 Å². The number of para-hydroxylation sites is 2. The van der Waals surface area contributed by atoms with E-state index in [2.05, 4.69) is 0 Å². The highest BCUT2D eigenvalue weighted by Crippen LogP contribution is 2.34. The van der Waals surface area contributed by atoms with Gasteiger partial charge in [-0.05, 0) is 24.3 Å². The van der Waals surface area contributed by atoms with Crippen LogP contribution >= 0.6 is 11.8 Å². The molecule has 2 aromatic rings. The quantitative estimate of drug-likeness (QED) is 0.645. The minimum Gasteiger partial charge on any atom is -0.271 e. The van der Waals surface area contributed by atoms with E-state index in [4.69, 9.17) is 0 Å². The molecule has 0 N–H and O–H groups in total. The van der Waals surface area contributed by atoms with E-state index < -0.39 is 24.0 Å². The van der Waals surface area contributed by atoms with E-state index in [0.717, 1.165) is 20.4 Å².